The van der Waals surface area contributed by atoms with Gasteiger partial charge in [-0.2, -0.15) is 0 Å². The average molecular weight is 456 g/mol. The number of morpholine rings is 1. The molecular formula is C23H25FN4O5. The molecule has 0 radical (unpaired) electrons. The van der Waals surface area contributed by atoms with Gasteiger partial charge in [0.25, 0.3) is 11.8 Å². The van der Waals surface area contributed by atoms with Gasteiger partial charge in [0.2, 0.25) is 0 Å². The molecule has 2 aromatic carbocycles. The van der Waals surface area contributed by atoms with E-state index in [0.29, 0.717) is 17.3 Å². The minimum Gasteiger partial charge on any atom is -0.489 e. The highest BCUT2D eigenvalue weighted by atomic mass is 19.1. The van der Waals surface area contributed by atoms with Crippen LogP contribution in [0, 0.1) is 5.82 Å². The van der Waals surface area contributed by atoms with E-state index in [9.17, 15) is 19.1 Å². The van der Waals surface area contributed by atoms with E-state index in [4.69, 9.17) is 15.2 Å². The maximum atomic E-state index is 14.0. The fraction of sp³-hybridized carbons (Fsp3) is 0.304. The van der Waals surface area contributed by atoms with Crippen LogP contribution in [-0.4, -0.2) is 53.4 Å². The zero-order chi connectivity index (χ0) is 23.7. The Morgan fingerprint density at radius 3 is 2.88 bits per heavy atom. The molecule has 3 aromatic rings. The number of rotatable bonds is 6. The van der Waals surface area contributed by atoms with E-state index in [-0.39, 0.29) is 24.9 Å². The summed E-state index contributed by atoms with van der Waals surface area (Å²) in [5.74, 6) is -1.20. The number of aliphatic hydroxyl groups excluding tert-OH is 1. The van der Waals surface area contributed by atoms with Crippen molar-refractivity contribution in [3.8, 4) is 5.75 Å². The topological polar surface area (TPSA) is 130 Å². The standard InChI is InChI=1S/C23H25FN4O5/c1-12(2)33-18-6-3-14(24)10-17(18)28-7-8-32-20(23(28)31)19(29)22(30)27-15-4-5-16-13(9-15)11-26-21(16)25/h3-6,9-12,19-20,26,29H,7-8,25H2,1-2H3,(H,27,30)/t19-,20-/m1/s1. The lowest BCUT2D eigenvalue weighted by Gasteiger charge is -2.35. The number of halogens is 1. The van der Waals surface area contributed by atoms with Crippen LogP contribution in [0.5, 0.6) is 5.75 Å². The first-order valence-electron chi connectivity index (χ1n) is 10.5. The number of nitrogens with two attached hydrogens (primary N) is 1. The van der Waals surface area contributed by atoms with Gasteiger partial charge < -0.3 is 35.5 Å². The second-order valence-electron chi connectivity index (χ2n) is 8.00. The zero-order valence-electron chi connectivity index (χ0n) is 18.2. The number of nitrogen functional groups attached to an aromatic ring is 1. The Morgan fingerprint density at radius 1 is 1.33 bits per heavy atom. The number of aromatic amines is 1. The molecule has 9 nitrogen and oxygen atoms in total. The molecule has 0 saturated carbocycles. The summed E-state index contributed by atoms with van der Waals surface area (Å²) in [5.41, 5.74) is 6.45. The number of nitrogens with one attached hydrogen (secondary N) is 2. The Kier molecular flexibility index (Phi) is 6.21. The van der Waals surface area contributed by atoms with E-state index in [0.717, 1.165) is 10.8 Å². The fourth-order valence-corrected chi connectivity index (χ4v) is 3.72. The van der Waals surface area contributed by atoms with Crippen LogP contribution in [0.2, 0.25) is 0 Å². The van der Waals surface area contributed by atoms with Gasteiger partial charge in [0.1, 0.15) is 17.4 Å². The Balaban J connectivity index is 1.52. The minimum absolute atomic E-state index is 0.0486. The van der Waals surface area contributed by atoms with E-state index >= 15 is 0 Å². The normalized spacial score (nSPS) is 17.4. The number of aliphatic hydroxyl groups is 1. The first kappa shape index (κ1) is 22.6. The summed E-state index contributed by atoms with van der Waals surface area (Å²) in [6, 6.07) is 8.91. The molecule has 1 fully saturated rings. The molecule has 0 aliphatic carbocycles. The van der Waals surface area contributed by atoms with E-state index in [1.807, 2.05) is 13.8 Å². The molecule has 1 aromatic heterocycles. The molecule has 10 heteroatoms. The van der Waals surface area contributed by atoms with Crippen molar-refractivity contribution in [2.24, 2.45) is 0 Å². The number of fused-ring (bicyclic) bond motifs is 1. The summed E-state index contributed by atoms with van der Waals surface area (Å²) in [6.45, 7) is 3.79. The molecule has 4 rings (SSSR count). The highest BCUT2D eigenvalue weighted by Crippen LogP contribution is 2.32. The minimum atomic E-state index is -1.78. The molecule has 2 atom stereocenters. The summed E-state index contributed by atoms with van der Waals surface area (Å²) in [6.07, 6.45) is -1.75. The van der Waals surface area contributed by atoms with Crippen LogP contribution in [0.15, 0.2) is 42.6 Å². The first-order valence-corrected chi connectivity index (χ1v) is 10.5. The number of aromatic nitrogens is 1. The molecule has 1 aliphatic rings. The molecular weight excluding hydrogens is 431 g/mol. The zero-order valence-corrected chi connectivity index (χ0v) is 18.2. The van der Waals surface area contributed by atoms with Crippen LogP contribution < -0.4 is 20.7 Å². The Bertz CT molecular complexity index is 1190. The van der Waals surface area contributed by atoms with E-state index in [1.54, 1.807) is 24.4 Å². The number of benzene rings is 2. The van der Waals surface area contributed by atoms with Crippen LogP contribution in [-0.2, 0) is 14.3 Å². The van der Waals surface area contributed by atoms with Gasteiger partial charge in [-0.1, -0.05) is 0 Å². The maximum absolute atomic E-state index is 14.0. The SMILES string of the molecule is CC(C)Oc1ccc(F)cc1N1CCO[C@H]([C@@H](O)C(=O)Nc2ccc3c(N)[nH]cc3c2)C1=O. The Labute approximate surface area is 189 Å². The van der Waals surface area contributed by atoms with E-state index in [1.165, 1.54) is 23.1 Å². The molecule has 5 N–H and O–H groups in total. The van der Waals surface area contributed by atoms with E-state index < -0.39 is 29.8 Å². The third kappa shape index (κ3) is 4.62. The van der Waals surface area contributed by atoms with Crippen molar-refractivity contribution in [2.75, 3.05) is 29.1 Å². The molecule has 2 amide bonds. The number of carbonyl (C=O) groups is 2. The predicted molar refractivity (Wildman–Crippen MR) is 122 cm³/mol. The van der Waals surface area contributed by atoms with Gasteiger partial charge in [-0.3, -0.25) is 9.59 Å². The van der Waals surface area contributed by atoms with Gasteiger partial charge in [-0.15, -0.1) is 0 Å². The molecule has 0 unspecified atom stereocenters. The lowest BCUT2D eigenvalue weighted by atomic mass is 10.1. The van der Waals surface area contributed by atoms with Crippen LogP contribution in [0.3, 0.4) is 0 Å². The van der Waals surface area contributed by atoms with Crippen molar-refractivity contribution in [2.45, 2.75) is 32.2 Å². The van der Waals surface area contributed by atoms with Gasteiger partial charge in [-0.05, 0) is 44.2 Å². The molecule has 1 saturated heterocycles. The number of amides is 2. The van der Waals surface area contributed by atoms with Gasteiger partial charge in [0.05, 0.1) is 18.4 Å². The third-order valence-electron chi connectivity index (χ3n) is 5.24. The molecule has 2 heterocycles. The smallest absolute Gasteiger partial charge is 0.259 e. The Morgan fingerprint density at radius 2 is 2.12 bits per heavy atom. The summed E-state index contributed by atoms with van der Waals surface area (Å²) in [7, 11) is 0. The second kappa shape index (κ2) is 9.08. The molecule has 0 spiro atoms. The van der Waals surface area contributed by atoms with Crippen molar-refractivity contribution >= 4 is 39.8 Å². The maximum Gasteiger partial charge on any atom is 0.259 e. The average Bonchev–Trinajstić information content (AvgIpc) is 3.14. The van der Waals surface area contributed by atoms with Gasteiger partial charge >= 0.3 is 0 Å². The number of nitrogens with zero attached hydrogens (tertiary/aromatic N) is 1. The van der Waals surface area contributed by atoms with Crippen LogP contribution in [0.4, 0.5) is 21.6 Å². The van der Waals surface area contributed by atoms with Crippen LogP contribution in [0.1, 0.15) is 13.8 Å². The quantitative estimate of drug-likeness (QED) is 0.451. The van der Waals surface area contributed by atoms with Crippen molar-refractivity contribution in [1.29, 1.82) is 0 Å². The Hall–Kier alpha value is -3.63. The number of anilines is 3. The van der Waals surface area contributed by atoms with Crippen LogP contribution in [0.25, 0.3) is 10.8 Å². The lowest BCUT2D eigenvalue weighted by molar-refractivity contribution is -0.150. The number of hydrogen-bond donors (Lipinski definition) is 4. The summed E-state index contributed by atoms with van der Waals surface area (Å²) in [5, 5.41) is 14.8. The lowest BCUT2D eigenvalue weighted by Crippen LogP contribution is -2.55. The summed E-state index contributed by atoms with van der Waals surface area (Å²) < 4.78 is 25.1. The molecule has 174 valence electrons. The van der Waals surface area contributed by atoms with Crippen molar-refractivity contribution < 1.29 is 28.6 Å². The predicted octanol–water partition coefficient (Wildman–Crippen LogP) is 2.41. The molecule has 1 aliphatic heterocycles. The van der Waals surface area contributed by atoms with E-state index in [2.05, 4.69) is 10.3 Å². The number of H-pyrrole nitrogens is 1. The third-order valence-corrected chi connectivity index (χ3v) is 5.24. The molecule has 33 heavy (non-hydrogen) atoms. The largest absolute Gasteiger partial charge is 0.489 e. The first-order chi connectivity index (χ1) is 15.7. The highest BCUT2D eigenvalue weighted by Gasteiger charge is 2.40. The second-order valence-corrected chi connectivity index (χ2v) is 8.00. The van der Waals surface area contributed by atoms with Crippen LogP contribution >= 0.6 is 0 Å². The number of carbonyl (C=O) groups excluding carboxylic acids is 2. The van der Waals surface area contributed by atoms with Crippen molar-refractivity contribution in [3.63, 3.8) is 0 Å². The number of ether oxygens (including phenoxy) is 2. The van der Waals surface area contributed by atoms with Gasteiger partial charge in [-0.25, -0.2) is 4.39 Å². The molecule has 0 bridgehead atoms. The monoisotopic (exact) mass is 456 g/mol. The fourth-order valence-electron chi connectivity index (χ4n) is 3.72. The highest BCUT2D eigenvalue weighted by molar-refractivity contribution is 6.05. The van der Waals surface area contributed by atoms with Crippen molar-refractivity contribution in [1.82, 2.24) is 4.98 Å². The summed E-state index contributed by atoms with van der Waals surface area (Å²) in [4.78, 5) is 29.9. The van der Waals surface area contributed by atoms with Gasteiger partial charge in [0.15, 0.2) is 12.2 Å². The summed E-state index contributed by atoms with van der Waals surface area (Å²) >= 11 is 0. The number of hydrogen-bond acceptors (Lipinski definition) is 6. The van der Waals surface area contributed by atoms with Crippen molar-refractivity contribution in [3.05, 3.63) is 48.4 Å². The van der Waals surface area contributed by atoms with Gasteiger partial charge in [0, 0.05) is 35.3 Å².